The number of hydrogen-bond acceptors (Lipinski definition) is 4. The van der Waals surface area contributed by atoms with Crippen molar-refractivity contribution in [3.05, 3.63) is 0 Å². The number of aliphatic hydroxyl groups excluding tert-OH is 1. The number of carboxylic acid groups (broad SMARTS) is 1. The number of aliphatic carboxylic acids is 1. The number of ether oxygens (including phenoxy) is 1. The van der Waals surface area contributed by atoms with Gasteiger partial charge in [0.1, 0.15) is 6.61 Å². The Hall–Kier alpha value is -1.14. The minimum Gasteiger partial charge on any atom is -0.479 e. The number of carbonyl (C=O) groups excluding carboxylic acids is 1. The van der Waals surface area contributed by atoms with Gasteiger partial charge in [-0.05, 0) is 0 Å². The number of nitrogens with one attached hydrogen (secondary N) is 1. The van der Waals surface area contributed by atoms with Gasteiger partial charge in [0.2, 0.25) is 5.91 Å². The van der Waals surface area contributed by atoms with Gasteiger partial charge in [-0.1, -0.05) is 0 Å². The summed E-state index contributed by atoms with van der Waals surface area (Å²) in [6.45, 7) is -0.454. The summed E-state index contributed by atoms with van der Waals surface area (Å²) in [6.07, 6.45) is -1.56. The van der Waals surface area contributed by atoms with Crippen LogP contribution in [0.1, 0.15) is 0 Å². The van der Waals surface area contributed by atoms with Gasteiger partial charge >= 0.3 is 5.97 Å². The van der Waals surface area contributed by atoms with E-state index in [4.69, 9.17) is 10.2 Å². The van der Waals surface area contributed by atoms with Crippen LogP contribution in [-0.2, 0) is 14.3 Å². The fourth-order valence-electron chi connectivity index (χ4n) is 0.480. The quantitative estimate of drug-likeness (QED) is 0.460. The van der Waals surface area contributed by atoms with E-state index in [2.05, 4.69) is 10.1 Å². The van der Waals surface area contributed by atoms with Gasteiger partial charge in [-0.25, -0.2) is 4.79 Å². The molecule has 6 heteroatoms. The Morgan fingerprint density at radius 3 is 2.58 bits per heavy atom. The zero-order chi connectivity index (χ0) is 9.56. The van der Waals surface area contributed by atoms with E-state index in [1.807, 2.05) is 0 Å². The number of carbonyl (C=O) groups is 2. The highest BCUT2D eigenvalue weighted by molar-refractivity contribution is 5.78. The van der Waals surface area contributed by atoms with Crippen LogP contribution in [0, 0.1) is 0 Å². The van der Waals surface area contributed by atoms with E-state index >= 15 is 0 Å². The Kier molecular flexibility index (Phi) is 4.98. The molecule has 0 saturated heterocycles. The Morgan fingerprint density at radius 2 is 2.17 bits per heavy atom. The first-order chi connectivity index (χ1) is 5.57. The number of amides is 1. The molecule has 0 rings (SSSR count). The van der Waals surface area contributed by atoms with Crippen molar-refractivity contribution in [2.75, 3.05) is 20.3 Å². The van der Waals surface area contributed by atoms with Crippen LogP contribution in [0.15, 0.2) is 0 Å². The summed E-state index contributed by atoms with van der Waals surface area (Å²) < 4.78 is 4.46. The van der Waals surface area contributed by atoms with Crippen LogP contribution in [0.5, 0.6) is 0 Å². The van der Waals surface area contributed by atoms with Gasteiger partial charge in [-0.15, -0.1) is 0 Å². The summed E-state index contributed by atoms with van der Waals surface area (Å²) in [5.74, 6) is -1.83. The standard InChI is InChI=1S/C6H11NO5/c1-12-3-5(9)7-2-4(8)6(10)11/h4,8H,2-3H2,1H3,(H,7,9)(H,10,11)/t4-/m0/s1. The van der Waals surface area contributed by atoms with Gasteiger partial charge in [0, 0.05) is 7.11 Å². The second-order valence-electron chi connectivity index (χ2n) is 2.09. The summed E-state index contributed by atoms with van der Waals surface area (Å²) in [4.78, 5) is 20.7. The molecule has 0 fully saturated rings. The van der Waals surface area contributed by atoms with Crippen LogP contribution in [0.25, 0.3) is 0 Å². The Bertz CT molecular complexity index is 169. The Morgan fingerprint density at radius 1 is 1.58 bits per heavy atom. The van der Waals surface area contributed by atoms with Crippen molar-refractivity contribution in [3.8, 4) is 0 Å². The number of rotatable bonds is 5. The molecular weight excluding hydrogens is 166 g/mol. The van der Waals surface area contributed by atoms with E-state index < -0.39 is 18.0 Å². The molecule has 70 valence electrons. The molecule has 0 spiro atoms. The lowest BCUT2D eigenvalue weighted by molar-refractivity contribution is -0.146. The van der Waals surface area contributed by atoms with E-state index in [1.54, 1.807) is 0 Å². The Balaban J connectivity index is 3.54. The van der Waals surface area contributed by atoms with Crippen molar-refractivity contribution in [2.45, 2.75) is 6.10 Å². The molecule has 3 N–H and O–H groups in total. The number of aliphatic hydroxyl groups is 1. The molecule has 0 aromatic heterocycles. The minimum absolute atomic E-state index is 0.146. The number of methoxy groups -OCH3 is 1. The first-order valence-electron chi connectivity index (χ1n) is 3.24. The van der Waals surface area contributed by atoms with Gasteiger partial charge in [-0.2, -0.15) is 0 Å². The predicted octanol–water partition coefficient (Wildman–Crippen LogP) is -1.81. The van der Waals surface area contributed by atoms with Crippen LogP contribution in [0.2, 0.25) is 0 Å². The molecule has 12 heavy (non-hydrogen) atoms. The predicted molar refractivity (Wildman–Crippen MR) is 38.5 cm³/mol. The van der Waals surface area contributed by atoms with E-state index in [0.717, 1.165) is 0 Å². The fourth-order valence-corrected chi connectivity index (χ4v) is 0.480. The van der Waals surface area contributed by atoms with E-state index in [9.17, 15) is 9.59 Å². The van der Waals surface area contributed by atoms with Crippen LogP contribution >= 0.6 is 0 Å². The molecule has 1 atom stereocenters. The summed E-state index contributed by atoms with van der Waals surface area (Å²) in [7, 11) is 1.34. The lowest BCUT2D eigenvalue weighted by Crippen LogP contribution is -2.37. The zero-order valence-corrected chi connectivity index (χ0v) is 6.61. The van der Waals surface area contributed by atoms with Crippen molar-refractivity contribution in [1.82, 2.24) is 5.32 Å². The molecule has 0 saturated carbocycles. The van der Waals surface area contributed by atoms with Crippen LogP contribution < -0.4 is 5.32 Å². The van der Waals surface area contributed by atoms with Crippen molar-refractivity contribution in [2.24, 2.45) is 0 Å². The monoisotopic (exact) mass is 177 g/mol. The summed E-state index contributed by atoms with van der Waals surface area (Å²) in [5, 5.41) is 19.1. The number of carboxylic acids is 1. The average molecular weight is 177 g/mol. The van der Waals surface area contributed by atoms with Crippen molar-refractivity contribution >= 4 is 11.9 Å². The Labute approximate surface area is 69.1 Å². The maximum Gasteiger partial charge on any atom is 0.334 e. The third-order valence-corrected chi connectivity index (χ3v) is 1.05. The molecule has 0 aliphatic carbocycles. The summed E-state index contributed by atoms with van der Waals surface area (Å²) in [6, 6.07) is 0. The van der Waals surface area contributed by atoms with E-state index in [-0.39, 0.29) is 13.2 Å². The normalized spacial score (nSPS) is 12.2. The molecule has 0 heterocycles. The lowest BCUT2D eigenvalue weighted by atomic mass is 10.3. The molecule has 6 nitrogen and oxygen atoms in total. The second-order valence-corrected chi connectivity index (χ2v) is 2.09. The number of hydrogen-bond donors (Lipinski definition) is 3. The van der Waals surface area contributed by atoms with Gasteiger partial charge < -0.3 is 20.3 Å². The molecule has 1 amide bonds. The van der Waals surface area contributed by atoms with Crippen LogP contribution in [-0.4, -0.2) is 48.5 Å². The minimum atomic E-state index is -1.56. The SMILES string of the molecule is COCC(=O)NC[C@H](O)C(=O)O. The maximum atomic E-state index is 10.6. The molecule has 0 unspecified atom stereocenters. The lowest BCUT2D eigenvalue weighted by Gasteiger charge is -2.06. The summed E-state index contributed by atoms with van der Waals surface area (Å²) >= 11 is 0. The first kappa shape index (κ1) is 10.9. The second kappa shape index (κ2) is 5.50. The van der Waals surface area contributed by atoms with Crippen LogP contribution in [0.4, 0.5) is 0 Å². The van der Waals surface area contributed by atoms with Gasteiger partial charge in [0.15, 0.2) is 6.10 Å². The largest absolute Gasteiger partial charge is 0.479 e. The molecule has 0 bridgehead atoms. The van der Waals surface area contributed by atoms with Crippen molar-refractivity contribution < 1.29 is 24.5 Å². The maximum absolute atomic E-state index is 10.6. The molecular formula is C6H11NO5. The van der Waals surface area contributed by atoms with Gasteiger partial charge in [0.25, 0.3) is 0 Å². The topological polar surface area (TPSA) is 95.9 Å². The summed E-state index contributed by atoms with van der Waals surface area (Å²) in [5.41, 5.74) is 0. The van der Waals surface area contributed by atoms with Crippen molar-refractivity contribution in [1.29, 1.82) is 0 Å². The van der Waals surface area contributed by atoms with E-state index in [1.165, 1.54) is 7.11 Å². The zero-order valence-electron chi connectivity index (χ0n) is 6.61. The first-order valence-corrected chi connectivity index (χ1v) is 3.24. The third kappa shape index (κ3) is 4.64. The van der Waals surface area contributed by atoms with E-state index in [0.29, 0.717) is 0 Å². The third-order valence-electron chi connectivity index (χ3n) is 1.05. The molecule has 0 aromatic carbocycles. The highest BCUT2D eigenvalue weighted by Crippen LogP contribution is 1.79. The average Bonchev–Trinajstić information content (AvgIpc) is 2.00. The molecule has 0 radical (unpaired) electrons. The van der Waals surface area contributed by atoms with Gasteiger partial charge in [-0.3, -0.25) is 4.79 Å². The van der Waals surface area contributed by atoms with Crippen molar-refractivity contribution in [3.63, 3.8) is 0 Å². The van der Waals surface area contributed by atoms with Gasteiger partial charge in [0.05, 0.1) is 6.54 Å². The highest BCUT2D eigenvalue weighted by atomic mass is 16.5. The molecule has 0 aliphatic rings. The fraction of sp³-hybridized carbons (Fsp3) is 0.667. The van der Waals surface area contributed by atoms with Crippen LogP contribution in [0.3, 0.4) is 0 Å². The highest BCUT2D eigenvalue weighted by Gasteiger charge is 2.13. The molecule has 0 aromatic rings. The molecule has 0 aliphatic heterocycles. The smallest absolute Gasteiger partial charge is 0.334 e.